The zero-order valence-corrected chi connectivity index (χ0v) is 14.6. The largest absolute Gasteiger partial charge is 0.503 e. The molecule has 0 bridgehead atoms. The van der Waals surface area contributed by atoms with E-state index in [1.54, 1.807) is 24.3 Å². The lowest BCUT2D eigenvalue weighted by Crippen LogP contribution is -2.24. The van der Waals surface area contributed by atoms with Crippen LogP contribution in [-0.4, -0.2) is 30.4 Å². The lowest BCUT2D eigenvalue weighted by atomic mass is 10.2. The van der Waals surface area contributed by atoms with Gasteiger partial charge < -0.3 is 14.6 Å². The molecule has 0 spiro atoms. The zero-order chi connectivity index (χ0) is 17.4. The van der Waals surface area contributed by atoms with Crippen molar-refractivity contribution in [3.8, 4) is 17.2 Å². The van der Waals surface area contributed by atoms with Gasteiger partial charge in [-0.2, -0.15) is 5.10 Å². The van der Waals surface area contributed by atoms with Crippen LogP contribution >= 0.6 is 15.9 Å². The molecule has 7 heteroatoms. The first-order chi connectivity index (χ1) is 11.6. The maximum absolute atomic E-state index is 11.7. The van der Waals surface area contributed by atoms with Gasteiger partial charge in [0.05, 0.1) is 17.3 Å². The molecule has 0 aromatic heterocycles. The van der Waals surface area contributed by atoms with Crippen LogP contribution in [0.4, 0.5) is 0 Å². The number of phenolic OH excluding ortho intramolecular Hbond substituents is 1. The van der Waals surface area contributed by atoms with Crippen molar-refractivity contribution in [2.75, 3.05) is 13.2 Å². The fraction of sp³-hybridized carbons (Fsp3) is 0.176. The van der Waals surface area contributed by atoms with Gasteiger partial charge in [0.1, 0.15) is 5.75 Å². The highest BCUT2D eigenvalue weighted by Gasteiger charge is 2.08. The van der Waals surface area contributed by atoms with E-state index in [1.807, 2.05) is 25.1 Å². The van der Waals surface area contributed by atoms with Crippen LogP contribution in [-0.2, 0) is 4.79 Å². The van der Waals surface area contributed by atoms with Gasteiger partial charge in [-0.15, -0.1) is 0 Å². The number of rotatable bonds is 7. The molecule has 2 aromatic carbocycles. The first-order valence-corrected chi connectivity index (χ1v) is 8.04. The summed E-state index contributed by atoms with van der Waals surface area (Å²) in [6.07, 6.45) is 1.45. The van der Waals surface area contributed by atoms with E-state index < -0.39 is 0 Å². The number of amides is 1. The Morgan fingerprint density at radius 2 is 2.04 bits per heavy atom. The van der Waals surface area contributed by atoms with Crippen LogP contribution < -0.4 is 14.9 Å². The van der Waals surface area contributed by atoms with Gasteiger partial charge in [-0.25, -0.2) is 5.43 Å². The molecule has 0 atom stereocenters. The van der Waals surface area contributed by atoms with Crippen molar-refractivity contribution in [1.82, 2.24) is 5.43 Å². The third-order valence-corrected chi connectivity index (χ3v) is 3.47. The summed E-state index contributed by atoms with van der Waals surface area (Å²) in [7, 11) is 0. The fourth-order valence-corrected chi connectivity index (χ4v) is 2.27. The molecule has 0 saturated carbocycles. The summed E-state index contributed by atoms with van der Waals surface area (Å²) in [6, 6.07) is 12.3. The summed E-state index contributed by atoms with van der Waals surface area (Å²) in [5.41, 5.74) is 3.03. The van der Waals surface area contributed by atoms with E-state index in [2.05, 4.69) is 26.5 Å². The lowest BCUT2D eigenvalue weighted by molar-refractivity contribution is -0.123. The third-order valence-electron chi connectivity index (χ3n) is 2.87. The maximum Gasteiger partial charge on any atom is 0.277 e. The Balaban J connectivity index is 1.90. The Kier molecular flexibility index (Phi) is 6.62. The molecule has 24 heavy (non-hydrogen) atoms. The second kappa shape index (κ2) is 8.93. The number of hydrogen-bond acceptors (Lipinski definition) is 5. The minimum Gasteiger partial charge on any atom is -0.503 e. The van der Waals surface area contributed by atoms with Crippen LogP contribution in [0.5, 0.6) is 17.2 Å². The Hall–Kier alpha value is -2.54. The summed E-state index contributed by atoms with van der Waals surface area (Å²) in [6.45, 7) is 2.11. The van der Waals surface area contributed by atoms with Crippen LogP contribution in [0.15, 0.2) is 52.0 Å². The number of phenols is 1. The van der Waals surface area contributed by atoms with Crippen LogP contribution in [0.3, 0.4) is 0 Å². The normalized spacial score (nSPS) is 10.6. The Labute approximate surface area is 148 Å². The summed E-state index contributed by atoms with van der Waals surface area (Å²) < 4.78 is 11.1. The van der Waals surface area contributed by atoms with Gasteiger partial charge >= 0.3 is 0 Å². The molecule has 0 aliphatic heterocycles. The van der Waals surface area contributed by atoms with Crippen LogP contribution in [0.25, 0.3) is 0 Å². The number of ether oxygens (including phenoxy) is 2. The standard InChI is InChI=1S/C17H17BrN2O4/c1-2-23-15-9-12(8-14(18)17(15)22)10-19-20-16(21)11-24-13-6-4-3-5-7-13/h3-10,22H,2,11H2,1H3,(H,20,21)/b19-10+. The van der Waals surface area contributed by atoms with Crippen molar-refractivity contribution in [2.45, 2.75) is 6.92 Å². The van der Waals surface area contributed by atoms with Gasteiger partial charge in [-0.1, -0.05) is 18.2 Å². The highest BCUT2D eigenvalue weighted by atomic mass is 79.9. The van der Waals surface area contributed by atoms with Crippen molar-refractivity contribution in [3.63, 3.8) is 0 Å². The SMILES string of the molecule is CCOc1cc(/C=N/NC(=O)COc2ccccc2)cc(Br)c1O. The number of nitrogens with one attached hydrogen (secondary N) is 1. The molecule has 2 aromatic rings. The Morgan fingerprint density at radius 3 is 2.75 bits per heavy atom. The predicted octanol–water partition coefficient (Wildman–Crippen LogP) is 3.08. The third kappa shape index (κ3) is 5.27. The van der Waals surface area contributed by atoms with Gasteiger partial charge in [-0.05, 0) is 52.7 Å². The zero-order valence-electron chi connectivity index (χ0n) is 13.0. The summed E-state index contributed by atoms with van der Waals surface area (Å²) in [5.74, 6) is 0.597. The highest BCUT2D eigenvalue weighted by Crippen LogP contribution is 2.34. The maximum atomic E-state index is 11.7. The molecule has 2 N–H and O–H groups in total. The minimum atomic E-state index is -0.377. The number of hydrazone groups is 1. The van der Waals surface area contributed by atoms with Gasteiger partial charge in [0, 0.05) is 0 Å². The van der Waals surface area contributed by atoms with Crippen molar-refractivity contribution in [1.29, 1.82) is 0 Å². The molecule has 0 fully saturated rings. The average molecular weight is 393 g/mol. The number of hydrogen-bond donors (Lipinski definition) is 2. The van der Waals surface area contributed by atoms with E-state index in [-0.39, 0.29) is 18.3 Å². The molecule has 2 rings (SSSR count). The number of benzene rings is 2. The molecule has 126 valence electrons. The molecule has 6 nitrogen and oxygen atoms in total. The topological polar surface area (TPSA) is 80.2 Å². The summed E-state index contributed by atoms with van der Waals surface area (Å²) >= 11 is 3.24. The second-order valence-electron chi connectivity index (χ2n) is 4.68. The quantitative estimate of drug-likeness (QED) is 0.560. The van der Waals surface area contributed by atoms with Crippen LogP contribution in [0.2, 0.25) is 0 Å². The molecular formula is C17H17BrN2O4. The highest BCUT2D eigenvalue weighted by molar-refractivity contribution is 9.10. The molecule has 0 radical (unpaired) electrons. The average Bonchev–Trinajstić information content (AvgIpc) is 2.58. The van der Waals surface area contributed by atoms with Crippen LogP contribution in [0.1, 0.15) is 12.5 Å². The monoisotopic (exact) mass is 392 g/mol. The molecule has 0 aliphatic carbocycles. The predicted molar refractivity (Wildman–Crippen MR) is 94.6 cm³/mol. The molecule has 0 heterocycles. The number of para-hydroxylation sites is 1. The molecule has 0 aliphatic rings. The molecule has 1 amide bonds. The van der Waals surface area contributed by atoms with E-state index in [4.69, 9.17) is 9.47 Å². The minimum absolute atomic E-state index is 0.0225. The van der Waals surface area contributed by atoms with E-state index in [0.29, 0.717) is 28.1 Å². The number of aromatic hydroxyl groups is 1. The van der Waals surface area contributed by atoms with Crippen molar-refractivity contribution in [2.24, 2.45) is 5.10 Å². The number of halogens is 1. The van der Waals surface area contributed by atoms with E-state index >= 15 is 0 Å². The first kappa shape index (κ1) is 17.8. The summed E-state index contributed by atoms with van der Waals surface area (Å²) in [4.78, 5) is 11.7. The van der Waals surface area contributed by atoms with Crippen molar-refractivity contribution in [3.05, 3.63) is 52.5 Å². The fourth-order valence-electron chi connectivity index (χ4n) is 1.81. The lowest BCUT2D eigenvalue weighted by Gasteiger charge is -2.08. The number of nitrogens with zero attached hydrogens (tertiary/aromatic N) is 1. The molecule has 0 unspecified atom stereocenters. The van der Waals surface area contributed by atoms with Gasteiger partial charge in [0.15, 0.2) is 18.1 Å². The first-order valence-electron chi connectivity index (χ1n) is 7.25. The smallest absolute Gasteiger partial charge is 0.277 e. The van der Waals surface area contributed by atoms with E-state index in [9.17, 15) is 9.90 Å². The number of carbonyl (C=O) groups excluding carboxylic acids is 1. The Bertz CT molecular complexity index is 720. The van der Waals surface area contributed by atoms with Crippen LogP contribution in [0, 0.1) is 0 Å². The molecular weight excluding hydrogens is 376 g/mol. The summed E-state index contributed by atoms with van der Waals surface area (Å²) in [5, 5.41) is 13.7. The second-order valence-corrected chi connectivity index (χ2v) is 5.53. The Morgan fingerprint density at radius 1 is 1.29 bits per heavy atom. The molecule has 0 saturated heterocycles. The van der Waals surface area contributed by atoms with E-state index in [1.165, 1.54) is 6.21 Å². The number of carbonyl (C=O) groups is 1. The van der Waals surface area contributed by atoms with Gasteiger partial charge in [-0.3, -0.25) is 4.79 Å². The van der Waals surface area contributed by atoms with Crippen molar-refractivity contribution >= 4 is 28.1 Å². The van der Waals surface area contributed by atoms with Gasteiger partial charge in [0.2, 0.25) is 0 Å². The van der Waals surface area contributed by atoms with Crippen molar-refractivity contribution < 1.29 is 19.4 Å². The van der Waals surface area contributed by atoms with Gasteiger partial charge in [0.25, 0.3) is 5.91 Å². The van der Waals surface area contributed by atoms with E-state index in [0.717, 1.165) is 0 Å².